The van der Waals surface area contributed by atoms with Gasteiger partial charge in [0.1, 0.15) is 11.6 Å². The van der Waals surface area contributed by atoms with Gasteiger partial charge in [-0.2, -0.15) is 0 Å². The van der Waals surface area contributed by atoms with Gasteiger partial charge in [-0.3, -0.25) is 0 Å². The van der Waals surface area contributed by atoms with Gasteiger partial charge in [-0.25, -0.2) is 13.6 Å². The zero-order valence-electron chi connectivity index (χ0n) is 10.3. The fourth-order valence-electron chi connectivity index (χ4n) is 1.90. The predicted molar refractivity (Wildman–Crippen MR) is 57.9 cm³/mol. The Morgan fingerprint density at radius 1 is 1.53 bits per heavy atom. The van der Waals surface area contributed by atoms with Gasteiger partial charge in [0.15, 0.2) is 0 Å². The van der Waals surface area contributed by atoms with Crippen LogP contribution in [0.3, 0.4) is 0 Å². The van der Waals surface area contributed by atoms with Crippen molar-refractivity contribution in [3.05, 3.63) is 0 Å². The first kappa shape index (κ1) is 14.2. The average Bonchev–Trinajstić information content (AvgIpc) is 2.39. The van der Waals surface area contributed by atoms with Crippen molar-refractivity contribution in [2.45, 2.75) is 51.2 Å². The third-order valence-corrected chi connectivity index (χ3v) is 2.68. The number of amides is 1. The summed E-state index contributed by atoms with van der Waals surface area (Å²) in [6, 6.07) is -1.35. The summed E-state index contributed by atoms with van der Waals surface area (Å²) in [6.45, 7) is 4.60. The van der Waals surface area contributed by atoms with Gasteiger partial charge in [0.05, 0.1) is 0 Å². The molecular weight excluding hydrogens is 232 g/mol. The number of rotatable bonds is 2. The molecule has 1 fully saturated rings. The minimum Gasteiger partial charge on any atom is -0.444 e. The van der Waals surface area contributed by atoms with Crippen LogP contribution in [0.25, 0.3) is 0 Å². The molecule has 0 bridgehead atoms. The van der Waals surface area contributed by atoms with Gasteiger partial charge >= 0.3 is 6.09 Å². The molecule has 0 spiro atoms. The highest BCUT2D eigenvalue weighted by atomic mass is 19.3. The molecule has 0 unspecified atom stereocenters. The van der Waals surface area contributed by atoms with E-state index in [2.05, 4.69) is 5.32 Å². The van der Waals surface area contributed by atoms with E-state index in [0.717, 1.165) is 0 Å². The number of aliphatic hydroxyl groups excluding tert-OH is 1. The highest BCUT2D eigenvalue weighted by Crippen LogP contribution is 2.39. The number of hydrogen-bond acceptors (Lipinski definition) is 3. The molecule has 0 saturated heterocycles. The van der Waals surface area contributed by atoms with Crippen LogP contribution in [0.1, 0.15) is 33.6 Å². The number of alkyl halides is 2. The molecule has 1 aliphatic rings. The maximum atomic E-state index is 13.5. The number of carbonyl (C=O) groups excluding carboxylic acids is 1. The topological polar surface area (TPSA) is 58.6 Å². The van der Waals surface area contributed by atoms with Gasteiger partial charge in [-0.1, -0.05) is 0 Å². The monoisotopic (exact) mass is 251 g/mol. The van der Waals surface area contributed by atoms with E-state index in [1.54, 1.807) is 20.8 Å². The van der Waals surface area contributed by atoms with E-state index < -0.39 is 29.6 Å². The molecule has 1 rings (SSSR count). The van der Waals surface area contributed by atoms with E-state index in [1.807, 2.05) is 0 Å². The van der Waals surface area contributed by atoms with Crippen molar-refractivity contribution in [3.8, 4) is 0 Å². The minimum atomic E-state index is -2.98. The number of aliphatic hydroxyl groups is 1. The lowest BCUT2D eigenvalue weighted by Crippen LogP contribution is -2.49. The van der Waals surface area contributed by atoms with Crippen LogP contribution in [0.5, 0.6) is 0 Å². The lowest BCUT2D eigenvalue weighted by Gasteiger charge is -2.27. The summed E-state index contributed by atoms with van der Waals surface area (Å²) >= 11 is 0. The largest absolute Gasteiger partial charge is 0.444 e. The van der Waals surface area contributed by atoms with Crippen molar-refractivity contribution in [1.82, 2.24) is 5.32 Å². The quantitative estimate of drug-likeness (QED) is 0.788. The Balaban J connectivity index is 2.62. The molecule has 0 heterocycles. The van der Waals surface area contributed by atoms with Crippen LogP contribution in [0, 0.1) is 5.92 Å². The Kier molecular flexibility index (Phi) is 3.96. The van der Waals surface area contributed by atoms with E-state index in [-0.39, 0.29) is 19.4 Å². The fourth-order valence-corrected chi connectivity index (χ4v) is 1.90. The van der Waals surface area contributed by atoms with Gasteiger partial charge in [0, 0.05) is 18.9 Å². The molecule has 1 amide bonds. The number of alkyl carbamates (subject to hydrolysis) is 1. The number of ether oxygens (including phenoxy) is 1. The molecule has 0 aromatic carbocycles. The zero-order valence-corrected chi connectivity index (χ0v) is 10.3. The Morgan fingerprint density at radius 3 is 2.59 bits per heavy atom. The number of hydrogen-bond donors (Lipinski definition) is 2. The first-order valence-electron chi connectivity index (χ1n) is 5.64. The van der Waals surface area contributed by atoms with Gasteiger partial charge in [0.25, 0.3) is 5.92 Å². The molecule has 0 aliphatic heterocycles. The fraction of sp³-hybridized carbons (Fsp3) is 0.909. The molecule has 1 saturated carbocycles. The van der Waals surface area contributed by atoms with Gasteiger partial charge in [-0.15, -0.1) is 0 Å². The summed E-state index contributed by atoms with van der Waals surface area (Å²) in [7, 11) is 0. The van der Waals surface area contributed by atoms with Crippen molar-refractivity contribution in [2.24, 2.45) is 5.92 Å². The molecule has 0 aromatic rings. The molecule has 0 aromatic heterocycles. The van der Waals surface area contributed by atoms with Gasteiger partial charge < -0.3 is 15.2 Å². The van der Waals surface area contributed by atoms with Crippen LogP contribution in [-0.4, -0.2) is 35.4 Å². The van der Waals surface area contributed by atoms with Crippen LogP contribution >= 0.6 is 0 Å². The first-order chi connectivity index (χ1) is 7.65. The predicted octanol–water partition coefficient (Wildman–Crippen LogP) is 1.92. The Bertz CT molecular complexity index is 289. The summed E-state index contributed by atoms with van der Waals surface area (Å²) in [5, 5.41) is 11.1. The second-order valence-corrected chi connectivity index (χ2v) is 5.37. The molecule has 6 heteroatoms. The normalized spacial score (nSPS) is 27.9. The van der Waals surface area contributed by atoms with Crippen LogP contribution in [-0.2, 0) is 4.74 Å². The Morgan fingerprint density at radius 2 is 2.12 bits per heavy atom. The number of carbonyl (C=O) groups is 1. The smallest absolute Gasteiger partial charge is 0.408 e. The van der Waals surface area contributed by atoms with E-state index in [4.69, 9.17) is 9.84 Å². The van der Waals surface area contributed by atoms with E-state index in [1.165, 1.54) is 0 Å². The van der Waals surface area contributed by atoms with E-state index >= 15 is 0 Å². The van der Waals surface area contributed by atoms with Crippen molar-refractivity contribution in [3.63, 3.8) is 0 Å². The summed E-state index contributed by atoms with van der Waals surface area (Å²) in [4.78, 5) is 11.4. The molecule has 4 nitrogen and oxygen atoms in total. The molecule has 17 heavy (non-hydrogen) atoms. The van der Waals surface area contributed by atoms with Crippen LogP contribution < -0.4 is 5.32 Å². The maximum absolute atomic E-state index is 13.5. The highest BCUT2D eigenvalue weighted by molar-refractivity contribution is 5.68. The van der Waals surface area contributed by atoms with Crippen LogP contribution in [0.15, 0.2) is 0 Å². The van der Waals surface area contributed by atoms with Gasteiger partial charge in [0.2, 0.25) is 0 Å². The molecule has 0 radical (unpaired) electrons. The van der Waals surface area contributed by atoms with Crippen molar-refractivity contribution in [2.75, 3.05) is 6.61 Å². The summed E-state index contributed by atoms with van der Waals surface area (Å²) in [6.07, 6.45) is -0.995. The standard InChI is InChI=1S/C11H19F2NO3/c1-10(2,3)17-9(16)14-8-7(6-15)4-5-11(8,12)13/h7-8,15H,4-6H2,1-3H3,(H,14,16)/t7-,8+/m1/s1. The Hall–Kier alpha value is -0.910. The average molecular weight is 251 g/mol. The molecular formula is C11H19F2NO3. The highest BCUT2D eigenvalue weighted by Gasteiger charge is 2.50. The lowest BCUT2D eigenvalue weighted by atomic mass is 10.0. The Labute approximate surface area is 99.3 Å². The van der Waals surface area contributed by atoms with E-state index in [0.29, 0.717) is 0 Å². The molecule has 2 atom stereocenters. The van der Waals surface area contributed by atoms with Crippen molar-refractivity contribution >= 4 is 6.09 Å². The SMILES string of the molecule is CC(C)(C)OC(=O)N[C@H]1[C@@H](CO)CCC1(F)F. The number of nitrogens with one attached hydrogen (secondary N) is 1. The van der Waals surface area contributed by atoms with E-state index in [9.17, 15) is 13.6 Å². The zero-order chi connectivity index (χ0) is 13.3. The second kappa shape index (κ2) is 4.76. The molecule has 100 valence electrons. The third kappa shape index (κ3) is 3.80. The van der Waals surface area contributed by atoms with Crippen LogP contribution in [0.4, 0.5) is 13.6 Å². The third-order valence-electron chi connectivity index (χ3n) is 2.68. The minimum absolute atomic E-state index is 0.198. The van der Waals surface area contributed by atoms with Gasteiger partial charge in [-0.05, 0) is 27.2 Å². The first-order valence-corrected chi connectivity index (χ1v) is 5.64. The molecule has 2 N–H and O–H groups in total. The van der Waals surface area contributed by atoms with Crippen molar-refractivity contribution < 1.29 is 23.4 Å². The summed E-state index contributed by atoms with van der Waals surface area (Å²) < 4.78 is 31.8. The summed E-state index contributed by atoms with van der Waals surface area (Å²) in [5.41, 5.74) is -0.729. The second-order valence-electron chi connectivity index (χ2n) is 5.37. The maximum Gasteiger partial charge on any atom is 0.408 e. The van der Waals surface area contributed by atoms with Crippen LogP contribution in [0.2, 0.25) is 0 Å². The van der Waals surface area contributed by atoms with Crippen molar-refractivity contribution in [1.29, 1.82) is 0 Å². The summed E-state index contributed by atoms with van der Waals surface area (Å²) in [5.74, 6) is -3.60. The lowest BCUT2D eigenvalue weighted by molar-refractivity contribution is -0.0331. The number of halogens is 2. The molecule has 1 aliphatic carbocycles.